The molecule has 38 heavy (non-hydrogen) atoms. The Balaban J connectivity index is 1.62. The molecule has 1 aliphatic rings. The van der Waals surface area contributed by atoms with E-state index < -0.39 is 22.8 Å². The minimum Gasteiger partial charge on any atom is -0.493 e. The van der Waals surface area contributed by atoms with Gasteiger partial charge >= 0.3 is 6.03 Å². The standard InChI is InChI=1S/C27H22IN3O7/c1-15-8-16(2)10-20(9-15)30-26(33)21(25(32)29-27(30)34)11-18-12-22(28)24(23(13-18)37-3)38-14-17-4-6-19(7-5-17)31(35)36/h4-13H,14H2,1-3H3,(H,29,32,34)/b21-11+. The summed E-state index contributed by atoms with van der Waals surface area (Å²) in [5.74, 6) is -0.749. The number of nitrogens with zero attached hydrogens (tertiary/aromatic N) is 2. The summed E-state index contributed by atoms with van der Waals surface area (Å²) in [7, 11) is 1.46. The van der Waals surface area contributed by atoms with Gasteiger partial charge in [0.15, 0.2) is 11.5 Å². The number of imide groups is 2. The maximum Gasteiger partial charge on any atom is 0.335 e. The van der Waals surface area contributed by atoms with Gasteiger partial charge in [0.25, 0.3) is 17.5 Å². The number of carbonyl (C=O) groups is 3. The van der Waals surface area contributed by atoms with Gasteiger partial charge in [-0.1, -0.05) is 6.07 Å². The molecular formula is C27H22IN3O7. The summed E-state index contributed by atoms with van der Waals surface area (Å²) >= 11 is 2.05. The number of methoxy groups -OCH3 is 1. The molecule has 4 rings (SSSR count). The molecule has 10 nitrogen and oxygen atoms in total. The SMILES string of the molecule is COc1cc(/C=C2\C(=O)NC(=O)N(c3cc(C)cc(C)c3)C2=O)cc(I)c1OCc1ccc([N+](=O)[O-])cc1. The van der Waals surface area contributed by atoms with Crippen molar-refractivity contribution in [3.05, 3.63) is 96.1 Å². The minimum atomic E-state index is -0.815. The van der Waals surface area contributed by atoms with Crippen LogP contribution in [0.2, 0.25) is 0 Å². The third-order valence-corrected chi connectivity index (χ3v) is 6.46. The van der Waals surface area contributed by atoms with E-state index in [0.717, 1.165) is 21.6 Å². The number of urea groups is 1. The molecule has 0 saturated carbocycles. The molecule has 3 aromatic rings. The Kier molecular flexibility index (Phi) is 7.76. The third-order valence-electron chi connectivity index (χ3n) is 5.66. The van der Waals surface area contributed by atoms with Crippen LogP contribution in [0.25, 0.3) is 6.08 Å². The average Bonchev–Trinajstić information content (AvgIpc) is 2.85. The van der Waals surface area contributed by atoms with Gasteiger partial charge in [-0.2, -0.15) is 0 Å². The number of ether oxygens (including phenoxy) is 2. The molecule has 1 fully saturated rings. The van der Waals surface area contributed by atoms with Gasteiger partial charge < -0.3 is 9.47 Å². The maximum absolute atomic E-state index is 13.3. The number of hydrogen-bond donors (Lipinski definition) is 1. The lowest BCUT2D eigenvalue weighted by molar-refractivity contribution is -0.384. The number of nitrogens with one attached hydrogen (secondary N) is 1. The first-order valence-corrected chi connectivity index (χ1v) is 12.4. The van der Waals surface area contributed by atoms with Gasteiger partial charge in [-0.05, 0) is 101 Å². The van der Waals surface area contributed by atoms with E-state index >= 15 is 0 Å². The number of benzene rings is 3. The first-order chi connectivity index (χ1) is 18.1. The summed E-state index contributed by atoms with van der Waals surface area (Å²) in [6.07, 6.45) is 1.39. The van der Waals surface area contributed by atoms with E-state index in [1.807, 2.05) is 42.5 Å². The van der Waals surface area contributed by atoms with E-state index in [4.69, 9.17) is 9.47 Å². The van der Waals surface area contributed by atoms with Crippen LogP contribution in [0, 0.1) is 27.5 Å². The monoisotopic (exact) mass is 627 g/mol. The van der Waals surface area contributed by atoms with Crippen molar-refractivity contribution in [1.29, 1.82) is 0 Å². The van der Waals surface area contributed by atoms with Gasteiger partial charge in [-0.3, -0.25) is 25.0 Å². The lowest BCUT2D eigenvalue weighted by Gasteiger charge is -2.27. The Morgan fingerprint density at radius 3 is 2.29 bits per heavy atom. The topological polar surface area (TPSA) is 128 Å². The molecule has 1 aliphatic heterocycles. The van der Waals surface area contributed by atoms with E-state index in [-0.39, 0.29) is 17.9 Å². The molecule has 4 amide bonds. The van der Waals surface area contributed by atoms with Crippen LogP contribution in [-0.4, -0.2) is 29.9 Å². The van der Waals surface area contributed by atoms with Gasteiger partial charge in [-0.15, -0.1) is 0 Å². The van der Waals surface area contributed by atoms with Crippen LogP contribution in [0.15, 0.2) is 60.2 Å². The second-order valence-corrected chi connectivity index (χ2v) is 9.71. The van der Waals surface area contributed by atoms with Gasteiger partial charge in [0.2, 0.25) is 0 Å². The summed E-state index contributed by atoms with van der Waals surface area (Å²) in [4.78, 5) is 49.8. The number of barbiturate groups is 1. The van der Waals surface area contributed by atoms with Crippen LogP contribution in [0.3, 0.4) is 0 Å². The number of amides is 4. The fourth-order valence-electron chi connectivity index (χ4n) is 3.97. The van der Waals surface area contributed by atoms with Crippen molar-refractivity contribution in [2.45, 2.75) is 20.5 Å². The number of rotatable bonds is 7. The quantitative estimate of drug-likeness (QED) is 0.127. The Hall–Kier alpha value is -4.26. The molecule has 0 atom stereocenters. The van der Waals surface area contributed by atoms with E-state index in [9.17, 15) is 24.5 Å². The van der Waals surface area contributed by atoms with E-state index in [1.54, 1.807) is 36.4 Å². The van der Waals surface area contributed by atoms with Crippen LogP contribution in [0.5, 0.6) is 11.5 Å². The highest BCUT2D eigenvalue weighted by Crippen LogP contribution is 2.36. The summed E-state index contributed by atoms with van der Waals surface area (Å²) in [6.45, 7) is 3.84. The number of hydrogen-bond acceptors (Lipinski definition) is 7. The number of halogens is 1. The number of aryl methyl sites for hydroxylation is 2. The van der Waals surface area contributed by atoms with Crippen molar-refractivity contribution < 1.29 is 28.8 Å². The van der Waals surface area contributed by atoms with Crippen LogP contribution in [0.4, 0.5) is 16.2 Å². The Morgan fingerprint density at radius 1 is 1.03 bits per heavy atom. The molecule has 0 aromatic heterocycles. The fraction of sp³-hybridized carbons (Fsp3) is 0.148. The molecule has 0 radical (unpaired) electrons. The molecular weight excluding hydrogens is 605 g/mol. The molecule has 11 heteroatoms. The number of anilines is 1. The number of nitro groups is 1. The highest BCUT2D eigenvalue weighted by atomic mass is 127. The first-order valence-electron chi connectivity index (χ1n) is 11.3. The molecule has 1 heterocycles. The van der Waals surface area contributed by atoms with Crippen molar-refractivity contribution in [3.63, 3.8) is 0 Å². The lowest BCUT2D eigenvalue weighted by atomic mass is 10.0. The second kappa shape index (κ2) is 11.0. The molecule has 0 aliphatic carbocycles. The smallest absolute Gasteiger partial charge is 0.335 e. The van der Waals surface area contributed by atoms with E-state index in [2.05, 4.69) is 5.32 Å². The maximum atomic E-state index is 13.3. The molecule has 3 aromatic carbocycles. The number of nitro benzene ring substituents is 1. The Labute approximate surface area is 231 Å². The first kappa shape index (κ1) is 26.8. The van der Waals surface area contributed by atoms with Crippen molar-refractivity contribution in [2.75, 3.05) is 12.0 Å². The zero-order valence-corrected chi connectivity index (χ0v) is 22.8. The number of non-ortho nitro benzene ring substituents is 1. The van der Waals surface area contributed by atoms with Crippen LogP contribution < -0.4 is 19.7 Å². The third kappa shape index (κ3) is 5.67. The van der Waals surface area contributed by atoms with Crippen LogP contribution in [0.1, 0.15) is 22.3 Å². The highest BCUT2D eigenvalue weighted by Gasteiger charge is 2.37. The molecule has 1 saturated heterocycles. The zero-order chi connectivity index (χ0) is 27.6. The van der Waals surface area contributed by atoms with Gasteiger partial charge in [-0.25, -0.2) is 9.69 Å². The van der Waals surface area contributed by atoms with Crippen molar-refractivity contribution >= 4 is 57.9 Å². The number of carbonyl (C=O) groups excluding carboxylic acids is 3. The highest BCUT2D eigenvalue weighted by molar-refractivity contribution is 14.1. The Bertz CT molecular complexity index is 1480. The predicted octanol–water partition coefficient (Wildman–Crippen LogP) is 5.07. The van der Waals surface area contributed by atoms with Crippen molar-refractivity contribution in [1.82, 2.24) is 5.32 Å². The summed E-state index contributed by atoms with van der Waals surface area (Å²) in [5, 5.41) is 13.1. The summed E-state index contributed by atoms with van der Waals surface area (Å²) in [6, 6.07) is 13.8. The predicted molar refractivity (Wildman–Crippen MR) is 148 cm³/mol. The van der Waals surface area contributed by atoms with Gasteiger partial charge in [0, 0.05) is 12.1 Å². The fourth-order valence-corrected chi connectivity index (χ4v) is 4.75. The van der Waals surface area contributed by atoms with Gasteiger partial charge in [0.1, 0.15) is 12.2 Å². The van der Waals surface area contributed by atoms with Crippen molar-refractivity contribution in [3.8, 4) is 11.5 Å². The van der Waals surface area contributed by atoms with E-state index in [0.29, 0.717) is 26.3 Å². The van der Waals surface area contributed by atoms with Crippen molar-refractivity contribution in [2.24, 2.45) is 0 Å². The molecule has 0 unspecified atom stereocenters. The van der Waals surface area contributed by atoms with E-state index in [1.165, 1.54) is 25.3 Å². The lowest BCUT2D eigenvalue weighted by Crippen LogP contribution is -2.54. The zero-order valence-electron chi connectivity index (χ0n) is 20.6. The van der Waals surface area contributed by atoms with Crippen LogP contribution >= 0.6 is 22.6 Å². The largest absolute Gasteiger partial charge is 0.493 e. The average molecular weight is 627 g/mol. The normalized spacial score (nSPS) is 14.5. The van der Waals surface area contributed by atoms with Crippen LogP contribution in [-0.2, 0) is 16.2 Å². The summed E-state index contributed by atoms with van der Waals surface area (Å²) < 4.78 is 12.0. The second-order valence-electron chi connectivity index (χ2n) is 8.55. The molecule has 0 bridgehead atoms. The summed E-state index contributed by atoms with van der Waals surface area (Å²) in [5.41, 5.74) is 3.09. The molecule has 194 valence electrons. The minimum absolute atomic E-state index is 0.0163. The molecule has 0 spiro atoms. The Morgan fingerprint density at radius 2 is 1.68 bits per heavy atom. The van der Waals surface area contributed by atoms with Gasteiger partial charge in [0.05, 0.1) is 21.3 Å². The molecule has 1 N–H and O–H groups in total.